The van der Waals surface area contributed by atoms with Crippen LogP contribution in [0.25, 0.3) is 5.82 Å². The molecule has 0 aliphatic heterocycles. The van der Waals surface area contributed by atoms with Crippen LogP contribution in [0.3, 0.4) is 0 Å². The van der Waals surface area contributed by atoms with E-state index in [2.05, 4.69) is 30.4 Å². The van der Waals surface area contributed by atoms with Gasteiger partial charge < -0.3 is 5.32 Å². The van der Waals surface area contributed by atoms with Crippen LogP contribution in [-0.2, 0) is 0 Å². The second kappa shape index (κ2) is 5.68. The fourth-order valence-electron chi connectivity index (χ4n) is 1.99. The summed E-state index contributed by atoms with van der Waals surface area (Å²) in [5.74, 6) is 0.564. The number of nitrogens with one attached hydrogen (secondary N) is 1. The summed E-state index contributed by atoms with van der Waals surface area (Å²) in [7, 11) is 0. The molecule has 0 fully saturated rings. The Labute approximate surface area is 126 Å². The first-order chi connectivity index (χ1) is 10.6. The average molecular weight is 295 g/mol. The van der Waals surface area contributed by atoms with Gasteiger partial charge in [-0.3, -0.25) is 9.78 Å². The zero-order valence-electron chi connectivity index (χ0n) is 12.1. The lowest BCUT2D eigenvalue weighted by Gasteiger charge is -2.06. The van der Waals surface area contributed by atoms with Crippen molar-refractivity contribution in [2.24, 2.45) is 0 Å². The van der Waals surface area contributed by atoms with Crippen LogP contribution in [0.15, 0.2) is 37.1 Å². The minimum atomic E-state index is -0.383. The zero-order chi connectivity index (χ0) is 15.5. The van der Waals surface area contributed by atoms with Gasteiger partial charge in [0.1, 0.15) is 17.8 Å². The highest BCUT2D eigenvalue weighted by Crippen LogP contribution is 2.12. The van der Waals surface area contributed by atoms with Gasteiger partial charge in [0.2, 0.25) is 0 Å². The smallest absolute Gasteiger partial charge is 0.277 e. The SMILES string of the molecule is Cc1cc(C)n(-c2cc(NC(=O)c3cnccn3)ncn2)n1. The van der Waals surface area contributed by atoms with Crippen molar-refractivity contribution in [3.05, 3.63) is 54.1 Å². The lowest BCUT2D eigenvalue weighted by molar-refractivity contribution is 0.102. The van der Waals surface area contributed by atoms with Gasteiger partial charge in [0, 0.05) is 24.2 Å². The topological polar surface area (TPSA) is 98.5 Å². The number of aromatic nitrogens is 6. The lowest BCUT2D eigenvalue weighted by Crippen LogP contribution is -2.15. The molecule has 0 aliphatic carbocycles. The Morgan fingerprint density at radius 2 is 2.00 bits per heavy atom. The van der Waals surface area contributed by atoms with Crippen LogP contribution in [0, 0.1) is 13.8 Å². The summed E-state index contributed by atoms with van der Waals surface area (Å²) in [5, 5.41) is 7.01. The number of hydrogen-bond donors (Lipinski definition) is 1. The van der Waals surface area contributed by atoms with Crippen LogP contribution in [-0.4, -0.2) is 35.6 Å². The molecule has 0 aromatic carbocycles. The van der Waals surface area contributed by atoms with Crippen molar-refractivity contribution in [3.8, 4) is 5.82 Å². The van der Waals surface area contributed by atoms with E-state index in [1.54, 1.807) is 10.7 Å². The van der Waals surface area contributed by atoms with E-state index < -0.39 is 0 Å². The van der Waals surface area contributed by atoms with Crippen LogP contribution in [0.5, 0.6) is 0 Å². The van der Waals surface area contributed by atoms with E-state index in [-0.39, 0.29) is 11.6 Å². The third-order valence-electron chi connectivity index (χ3n) is 2.92. The van der Waals surface area contributed by atoms with E-state index in [1.165, 1.54) is 24.9 Å². The van der Waals surface area contributed by atoms with E-state index in [0.717, 1.165) is 11.4 Å². The van der Waals surface area contributed by atoms with Crippen LogP contribution in [0.4, 0.5) is 5.82 Å². The summed E-state index contributed by atoms with van der Waals surface area (Å²) < 4.78 is 1.69. The summed E-state index contributed by atoms with van der Waals surface area (Å²) in [5.41, 5.74) is 2.05. The van der Waals surface area contributed by atoms with E-state index in [9.17, 15) is 4.79 Å². The Bertz CT molecular complexity index is 813. The third kappa shape index (κ3) is 2.80. The quantitative estimate of drug-likeness (QED) is 0.782. The molecule has 3 aromatic rings. The number of hydrogen-bond acceptors (Lipinski definition) is 6. The van der Waals surface area contributed by atoms with Gasteiger partial charge in [-0.15, -0.1) is 0 Å². The molecular weight excluding hydrogens is 282 g/mol. The lowest BCUT2D eigenvalue weighted by atomic mass is 10.4. The number of aryl methyl sites for hydroxylation is 2. The average Bonchev–Trinajstić information content (AvgIpc) is 2.87. The standard InChI is InChI=1S/C14H13N7O/c1-9-5-10(2)21(20-9)13-6-12(17-8-18-13)19-14(22)11-7-15-3-4-16-11/h3-8H,1-2H3,(H,17,18,19,22). The molecule has 0 aliphatic rings. The summed E-state index contributed by atoms with van der Waals surface area (Å²) in [6.07, 6.45) is 5.72. The number of amides is 1. The molecule has 3 heterocycles. The number of carbonyl (C=O) groups is 1. The molecular formula is C14H13N7O. The number of rotatable bonds is 3. The summed E-state index contributed by atoms with van der Waals surface area (Å²) >= 11 is 0. The van der Waals surface area contributed by atoms with Crippen molar-refractivity contribution in [2.75, 3.05) is 5.32 Å². The minimum Gasteiger partial charge on any atom is -0.305 e. The highest BCUT2D eigenvalue weighted by atomic mass is 16.1. The Morgan fingerprint density at radius 3 is 2.68 bits per heavy atom. The van der Waals surface area contributed by atoms with Gasteiger partial charge in [0.05, 0.1) is 11.9 Å². The molecule has 0 bridgehead atoms. The number of carbonyl (C=O) groups excluding carboxylic acids is 1. The highest BCUT2D eigenvalue weighted by molar-refractivity contribution is 6.02. The predicted octanol–water partition coefficient (Wildman–Crippen LogP) is 1.32. The van der Waals surface area contributed by atoms with Gasteiger partial charge in [-0.05, 0) is 19.9 Å². The fourth-order valence-corrected chi connectivity index (χ4v) is 1.99. The maximum atomic E-state index is 12.0. The van der Waals surface area contributed by atoms with Crippen LogP contribution < -0.4 is 5.32 Å². The molecule has 1 N–H and O–H groups in total. The van der Waals surface area contributed by atoms with Crippen molar-refractivity contribution in [1.29, 1.82) is 0 Å². The van der Waals surface area contributed by atoms with Crippen LogP contribution in [0.2, 0.25) is 0 Å². The molecule has 1 amide bonds. The second-order valence-electron chi connectivity index (χ2n) is 4.65. The van der Waals surface area contributed by atoms with Gasteiger partial charge in [0.15, 0.2) is 5.82 Å². The Balaban J connectivity index is 1.86. The first-order valence-corrected chi connectivity index (χ1v) is 6.56. The van der Waals surface area contributed by atoms with Crippen molar-refractivity contribution in [3.63, 3.8) is 0 Å². The molecule has 3 rings (SSSR count). The Morgan fingerprint density at radius 1 is 1.14 bits per heavy atom. The van der Waals surface area contributed by atoms with Crippen molar-refractivity contribution in [2.45, 2.75) is 13.8 Å². The molecule has 0 saturated heterocycles. The van der Waals surface area contributed by atoms with E-state index in [0.29, 0.717) is 11.6 Å². The largest absolute Gasteiger partial charge is 0.305 e. The van der Waals surface area contributed by atoms with E-state index in [4.69, 9.17) is 0 Å². The first-order valence-electron chi connectivity index (χ1n) is 6.56. The fraction of sp³-hybridized carbons (Fsp3) is 0.143. The molecule has 0 unspecified atom stereocenters. The summed E-state index contributed by atoms with van der Waals surface area (Å²) in [6.45, 7) is 3.83. The Kier molecular flexibility index (Phi) is 3.57. The van der Waals surface area contributed by atoms with Gasteiger partial charge in [-0.2, -0.15) is 5.10 Å². The molecule has 8 nitrogen and oxygen atoms in total. The van der Waals surface area contributed by atoms with E-state index in [1.807, 2.05) is 19.9 Å². The van der Waals surface area contributed by atoms with Gasteiger partial charge in [-0.1, -0.05) is 0 Å². The monoisotopic (exact) mass is 295 g/mol. The van der Waals surface area contributed by atoms with Crippen molar-refractivity contribution >= 4 is 11.7 Å². The van der Waals surface area contributed by atoms with Gasteiger partial charge in [0.25, 0.3) is 5.91 Å². The van der Waals surface area contributed by atoms with Crippen molar-refractivity contribution in [1.82, 2.24) is 29.7 Å². The molecule has 8 heteroatoms. The molecule has 3 aromatic heterocycles. The molecule has 0 atom stereocenters. The molecule has 22 heavy (non-hydrogen) atoms. The summed E-state index contributed by atoms with van der Waals surface area (Å²) in [4.78, 5) is 28.0. The third-order valence-corrected chi connectivity index (χ3v) is 2.92. The van der Waals surface area contributed by atoms with Gasteiger partial charge >= 0.3 is 0 Å². The first kappa shape index (κ1) is 13.8. The molecule has 0 spiro atoms. The molecule has 110 valence electrons. The zero-order valence-corrected chi connectivity index (χ0v) is 12.1. The second-order valence-corrected chi connectivity index (χ2v) is 4.65. The molecule has 0 radical (unpaired) electrons. The van der Waals surface area contributed by atoms with Crippen LogP contribution >= 0.6 is 0 Å². The number of nitrogens with zero attached hydrogens (tertiary/aromatic N) is 6. The van der Waals surface area contributed by atoms with Crippen LogP contribution in [0.1, 0.15) is 21.9 Å². The predicted molar refractivity (Wildman–Crippen MR) is 78.6 cm³/mol. The van der Waals surface area contributed by atoms with Crippen molar-refractivity contribution < 1.29 is 4.79 Å². The maximum Gasteiger partial charge on any atom is 0.277 e. The summed E-state index contributed by atoms with van der Waals surface area (Å²) in [6, 6.07) is 3.59. The molecule has 0 saturated carbocycles. The highest BCUT2D eigenvalue weighted by Gasteiger charge is 2.10. The maximum absolute atomic E-state index is 12.0. The normalized spacial score (nSPS) is 10.5. The number of anilines is 1. The minimum absolute atomic E-state index is 0.216. The van der Waals surface area contributed by atoms with E-state index >= 15 is 0 Å². The van der Waals surface area contributed by atoms with Gasteiger partial charge in [-0.25, -0.2) is 19.6 Å². The Hall–Kier alpha value is -3.16.